The maximum absolute atomic E-state index is 12.7. The average Bonchev–Trinajstić information content (AvgIpc) is 2.94. The highest BCUT2D eigenvalue weighted by Crippen LogP contribution is 2.24. The molecule has 3 rings (SSSR count). The summed E-state index contributed by atoms with van der Waals surface area (Å²) in [5, 5.41) is 3.09. The molecular formula is C21H30N3O4+. The number of methoxy groups -OCH3 is 1. The Labute approximate surface area is 166 Å². The van der Waals surface area contributed by atoms with Crippen LogP contribution in [-0.4, -0.2) is 68.6 Å². The first-order valence-electron chi connectivity index (χ1n) is 10.2. The van der Waals surface area contributed by atoms with Crippen molar-refractivity contribution in [1.82, 2.24) is 10.2 Å². The predicted molar refractivity (Wildman–Crippen MR) is 105 cm³/mol. The minimum Gasteiger partial charge on any atom is -0.385 e. The first-order chi connectivity index (χ1) is 13.5. The highest BCUT2D eigenvalue weighted by atomic mass is 16.5. The van der Waals surface area contributed by atoms with Gasteiger partial charge in [0.1, 0.15) is 0 Å². The van der Waals surface area contributed by atoms with Gasteiger partial charge in [0.25, 0.3) is 17.7 Å². The van der Waals surface area contributed by atoms with Crippen LogP contribution in [0.15, 0.2) is 18.2 Å². The number of fused-ring (bicyclic) bond motifs is 1. The molecule has 0 aliphatic carbocycles. The Morgan fingerprint density at radius 2 is 1.93 bits per heavy atom. The van der Waals surface area contributed by atoms with Crippen molar-refractivity contribution >= 4 is 17.7 Å². The van der Waals surface area contributed by atoms with E-state index in [0.29, 0.717) is 36.3 Å². The zero-order valence-electron chi connectivity index (χ0n) is 16.8. The van der Waals surface area contributed by atoms with Crippen LogP contribution >= 0.6 is 0 Å². The highest BCUT2D eigenvalue weighted by molar-refractivity contribution is 6.22. The lowest BCUT2D eigenvalue weighted by Crippen LogP contribution is -3.13. The van der Waals surface area contributed by atoms with Gasteiger partial charge in [0, 0.05) is 44.7 Å². The Balaban J connectivity index is 1.62. The zero-order chi connectivity index (χ0) is 20.1. The summed E-state index contributed by atoms with van der Waals surface area (Å²) < 4.78 is 4.99. The summed E-state index contributed by atoms with van der Waals surface area (Å²) >= 11 is 0. The van der Waals surface area contributed by atoms with E-state index in [9.17, 15) is 14.4 Å². The van der Waals surface area contributed by atoms with E-state index in [1.807, 2.05) is 0 Å². The van der Waals surface area contributed by atoms with Gasteiger partial charge in [0.2, 0.25) is 0 Å². The molecule has 1 aromatic rings. The van der Waals surface area contributed by atoms with Crippen LogP contribution in [0.4, 0.5) is 0 Å². The molecule has 2 aliphatic heterocycles. The van der Waals surface area contributed by atoms with Gasteiger partial charge in [-0.2, -0.15) is 0 Å². The predicted octanol–water partition coefficient (Wildman–Crippen LogP) is 0.506. The summed E-state index contributed by atoms with van der Waals surface area (Å²) in [5.41, 5.74) is 1.12. The SMILES string of the molecule is CCC[NH+]1CCC(NC(=O)c2ccc3c(c2)C(=O)N(CCCOC)C3=O)CC1. The fraction of sp³-hybridized carbons (Fsp3) is 0.571. The second-order valence-corrected chi connectivity index (χ2v) is 7.62. The number of quaternary nitrogens is 1. The lowest BCUT2D eigenvalue weighted by molar-refractivity contribution is -0.905. The lowest BCUT2D eigenvalue weighted by atomic mass is 10.0. The van der Waals surface area contributed by atoms with Crippen LogP contribution in [0.3, 0.4) is 0 Å². The fourth-order valence-electron chi connectivity index (χ4n) is 4.04. The van der Waals surface area contributed by atoms with Gasteiger partial charge in [-0.1, -0.05) is 6.92 Å². The number of carbonyl (C=O) groups excluding carboxylic acids is 3. The van der Waals surface area contributed by atoms with Gasteiger partial charge in [-0.15, -0.1) is 0 Å². The smallest absolute Gasteiger partial charge is 0.261 e. The van der Waals surface area contributed by atoms with E-state index >= 15 is 0 Å². The molecule has 0 aromatic heterocycles. The van der Waals surface area contributed by atoms with Gasteiger partial charge in [-0.3, -0.25) is 19.3 Å². The van der Waals surface area contributed by atoms with Crippen molar-refractivity contribution in [2.24, 2.45) is 0 Å². The quantitative estimate of drug-likeness (QED) is 0.502. The largest absolute Gasteiger partial charge is 0.385 e. The summed E-state index contributed by atoms with van der Waals surface area (Å²) in [6.07, 6.45) is 3.71. The third kappa shape index (κ3) is 4.42. The van der Waals surface area contributed by atoms with Gasteiger partial charge >= 0.3 is 0 Å². The first-order valence-corrected chi connectivity index (χ1v) is 10.2. The lowest BCUT2D eigenvalue weighted by Gasteiger charge is -2.29. The van der Waals surface area contributed by atoms with Crippen molar-refractivity contribution in [3.8, 4) is 0 Å². The molecule has 28 heavy (non-hydrogen) atoms. The number of benzene rings is 1. The van der Waals surface area contributed by atoms with Gasteiger partial charge in [0.15, 0.2) is 0 Å². The van der Waals surface area contributed by atoms with Crippen molar-refractivity contribution in [2.75, 3.05) is 39.9 Å². The Kier molecular flexibility index (Phi) is 6.80. The molecule has 0 saturated carbocycles. The van der Waals surface area contributed by atoms with Crippen molar-refractivity contribution < 1.29 is 24.0 Å². The molecular weight excluding hydrogens is 358 g/mol. The molecule has 1 saturated heterocycles. The zero-order valence-corrected chi connectivity index (χ0v) is 16.8. The van der Waals surface area contributed by atoms with Crippen LogP contribution in [0.5, 0.6) is 0 Å². The van der Waals surface area contributed by atoms with E-state index < -0.39 is 0 Å². The number of rotatable bonds is 8. The van der Waals surface area contributed by atoms with Gasteiger partial charge in [-0.25, -0.2) is 0 Å². The number of nitrogens with one attached hydrogen (secondary N) is 2. The Morgan fingerprint density at radius 1 is 1.21 bits per heavy atom. The number of hydrogen-bond acceptors (Lipinski definition) is 4. The summed E-state index contributed by atoms with van der Waals surface area (Å²) in [5.74, 6) is -0.804. The standard InChI is InChI=1S/C21H29N3O4/c1-3-9-23-11-7-16(8-12-23)22-19(25)15-5-6-17-18(14-15)21(27)24(20(17)26)10-4-13-28-2/h5-6,14,16H,3-4,7-13H2,1-2H3,(H,22,25)/p+1. The van der Waals surface area contributed by atoms with Gasteiger partial charge in [-0.05, 0) is 31.0 Å². The molecule has 1 aromatic carbocycles. The number of amides is 3. The topological polar surface area (TPSA) is 80.2 Å². The number of nitrogens with zero attached hydrogens (tertiary/aromatic N) is 1. The second-order valence-electron chi connectivity index (χ2n) is 7.62. The monoisotopic (exact) mass is 388 g/mol. The molecule has 0 unspecified atom stereocenters. The molecule has 2 aliphatic rings. The first kappa shape index (κ1) is 20.5. The maximum atomic E-state index is 12.7. The van der Waals surface area contributed by atoms with Gasteiger partial charge in [0.05, 0.1) is 30.8 Å². The van der Waals surface area contributed by atoms with Crippen molar-refractivity contribution in [1.29, 1.82) is 0 Å². The minimum atomic E-state index is -0.331. The molecule has 1 fully saturated rings. The minimum absolute atomic E-state index is 0.171. The Morgan fingerprint density at radius 3 is 2.61 bits per heavy atom. The number of ether oxygens (including phenoxy) is 1. The van der Waals surface area contributed by atoms with E-state index in [0.717, 1.165) is 25.9 Å². The molecule has 152 valence electrons. The molecule has 3 amide bonds. The Hall–Kier alpha value is -2.25. The van der Waals surface area contributed by atoms with Crippen LogP contribution in [0.2, 0.25) is 0 Å². The number of hydrogen-bond donors (Lipinski definition) is 2. The second kappa shape index (κ2) is 9.30. The van der Waals surface area contributed by atoms with Crippen molar-refractivity contribution in [3.05, 3.63) is 34.9 Å². The molecule has 0 bridgehead atoms. The van der Waals surface area contributed by atoms with E-state index in [4.69, 9.17) is 4.74 Å². The molecule has 2 heterocycles. The van der Waals surface area contributed by atoms with Gasteiger partial charge < -0.3 is 15.0 Å². The van der Waals surface area contributed by atoms with E-state index in [1.165, 1.54) is 17.9 Å². The van der Waals surface area contributed by atoms with Crippen molar-refractivity contribution in [3.63, 3.8) is 0 Å². The van der Waals surface area contributed by atoms with Crippen LogP contribution in [0.1, 0.15) is 63.7 Å². The normalized spacial score (nSPS) is 21.7. The van der Waals surface area contributed by atoms with Crippen LogP contribution in [-0.2, 0) is 4.74 Å². The maximum Gasteiger partial charge on any atom is 0.261 e. The number of imide groups is 1. The average molecular weight is 388 g/mol. The van der Waals surface area contributed by atoms with Crippen LogP contribution in [0.25, 0.3) is 0 Å². The molecule has 0 atom stereocenters. The third-order valence-corrected chi connectivity index (χ3v) is 5.59. The number of piperidine rings is 1. The van der Waals surface area contributed by atoms with Crippen molar-refractivity contribution in [2.45, 2.75) is 38.6 Å². The molecule has 7 nitrogen and oxygen atoms in total. The van der Waals surface area contributed by atoms with E-state index in [2.05, 4.69) is 12.2 Å². The van der Waals surface area contributed by atoms with E-state index in [1.54, 1.807) is 30.2 Å². The fourth-order valence-corrected chi connectivity index (χ4v) is 4.04. The summed E-state index contributed by atoms with van der Waals surface area (Å²) in [6, 6.07) is 4.95. The molecule has 0 spiro atoms. The van der Waals surface area contributed by atoms with Crippen LogP contribution < -0.4 is 10.2 Å². The summed E-state index contributed by atoms with van der Waals surface area (Å²) in [6.45, 7) is 6.33. The highest BCUT2D eigenvalue weighted by Gasteiger charge is 2.35. The van der Waals surface area contributed by atoms with E-state index in [-0.39, 0.29) is 23.8 Å². The molecule has 0 radical (unpaired) electrons. The molecule has 7 heteroatoms. The number of carbonyl (C=O) groups is 3. The third-order valence-electron chi connectivity index (χ3n) is 5.59. The summed E-state index contributed by atoms with van der Waals surface area (Å²) in [7, 11) is 1.59. The molecule has 2 N–H and O–H groups in total. The Bertz CT molecular complexity index is 741. The summed E-state index contributed by atoms with van der Waals surface area (Å²) in [4.78, 5) is 40.5. The number of likely N-dealkylation sites (tertiary alicyclic amines) is 1. The van der Waals surface area contributed by atoms with Crippen LogP contribution in [0, 0.1) is 0 Å².